The molecule has 1 N–H and O–H groups in total. The lowest BCUT2D eigenvalue weighted by Crippen LogP contribution is -2.31. The van der Waals surface area contributed by atoms with Crippen molar-refractivity contribution in [2.45, 2.75) is 39.3 Å². The van der Waals surface area contributed by atoms with E-state index < -0.39 is 29.0 Å². The standard InChI is InChI=1S/C24H27N5O7/c1-4-5-9-28-19-18(20(30)26-24(28)34)27(2)17(25-19)13-36-23(33)14-7-8-15-16(12-14)22(32)29(21(15)31)10-6-11-35-3/h7-8,12H,4-6,9-11,13H2,1-3H3,(H,26,30,34). The van der Waals surface area contributed by atoms with Crippen LogP contribution in [-0.4, -0.2) is 62.0 Å². The van der Waals surface area contributed by atoms with Crippen LogP contribution in [0.5, 0.6) is 0 Å². The second kappa shape index (κ2) is 10.3. The lowest BCUT2D eigenvalue weighted by atomic mass is 10.1. The van der Waals surface area contributed by atoms with Crippen LogP contribution in [0.15, 0.2) is 27.8 Å². The Morgan fingerprint density at radius 3 is 2.53 bits per heavy atom. The summed E-state index contributed by atoms with van der Waals surface area (Å²) in [7, 11) is 3.14. The number of amides is 2. The summed E-state index contributed by atoms with van der Waals surface area (Å²) < 4.78 is 13.2. The molecule has 1 aliphatic rings. The van der Waals surface area contributed by atoms with Gasteiger partial charge in [0.15, 0.2) is 11.2 Å². The number of carbonyl (C=O) groups excluding carboxylic acids is 3. The van der Waals surface area contributed by atoms with E-state index in [1.807, 2.05) is 6.92 Å². The van der Waals surface area contributed by atoms with Gasteiger partial charge in [0, 0.05) is 33.9 Å². The zero-order valence-electron chi connectivity index (χ0n) is 20.3. The van der Waals surface area contributed by atoms with Gasteiger partial charge in [-0.05, 0) is 31.0 Å². The molecule has 4 rings (SSSR count). The van der Waals surface area contributed by atoms with E-state index >= 15 is 0 Å². The zero-order valence-corrected chi connectivity index (χ0v) is 20.3. The van der Waals surface area contributed by atoms with Crippen molar-refractivity contribution in [1.82, 2.24) is 24.0 Å². The van der Waals surface area contributed by atoms with Crippen LogP contribution in [0.1, 0.15) is 63.1 Å². The van der Waals surface area contributed by atoms with Crippen molar-refractivity contribution in [2.24, 2.45) is 7.05 Å². The van der Waals surface area contributed by atoms with Gasteiger partial charge in [0.1, 0.15) is 12.4 Å². The molecule has 0 unspecified atom stereocenters. The third kappa shape index (κ3) is 4.47. The molecule has 0 fully saturated rings. The fourth-order valence-electron chi connectivity index (χ4n) is 4.15. The van der Waals surface area contributed by atoms with E-state index in [0.29, 0.717) is 19.6 Å². The molecule has 190 valence electrons. The minimum absolute atomic E-state index is 0.102. The number of fused-ring (bicyclic) bond motifs is 2. The van der Waals surface area contributed by atoms with Gasteiger partial charge in [0.05, 0.1) is 16.7 Å². The molecule has 3 heterocycles. The van der Waals surface area contributed by atoms with Crippen molar-refractivity contribution in [1.29, 1.82) is 0 Å². The fraction of sp³-hybridized carbons (Fsp3) is 0.417. The maximum atomic E-state index is 12.7. The molecule has 0 radical (unpaired) electrons. The van der Waals surface area contributed by atoms with E-state index in [0.717, 1.165) is 17.7 Å². The Hall–Kier alpha value is -4.06. The van der Waals surface area contributed by atoms with Crippen LogP contribution in [0.25, 0.3) is 11.2 Å². The van der Waals surface area contributed by atoms with Crippen molar-refractivity contribution in [3.63, 3.8) is 0 Å². The summed E-state index contributed by atoms with van der Waals surface area (Å²) in [6.45, 7) is 2.74. The summed E-state index contributed by atoms with van der Waals surface area (Å²) >= 11 is 0. The number of aromatic amines is 1. The smallest absolute Gasteiger partial charge is 0.338 e. The third-order valence-electron chi connectivity index (χ3n) is 6.11. The van der Waals surface area contributed by atoms with Crippen LogP contribution in [0.2, 0.25) is 0 Å². The maximum absolute atomic E-state index is 12.7. The van der Waals surface area contributed by atoms with Gasteiger partial charge in [0.2, 0.25) is 0 Å². The number of ether oxygens (including phenoxy) is 2. The summed E-state index contributed by atoms with van der Waals surface area (Å²) in [5, 5.41) is 0. The number of nitrogens with one attached hydrogen (secondary N) is 1. The average molecular weight is 498 g/mol. The fourth-order valence-corrected chi connectivity index (χ4v) is 4.15. The molecule has 12 nitrogen and oxygen atoms in total. The highest BCUT2D eigenvalue weighted by Gasteiger charge is 2.35. The molecule has 0 saturated carbocycles. The SMILES string of the molecule is CCCCn1c(=O)[nH]c(=O)c2c1nc(COC(=O)c1ccc3c(c1)C(=O)N(CCCOC)C3=O)n2C. The minimum atomic E-state index is -0.722. The number of H-pyrrole nitrogens is 1. The Labute approximate surface area is 205 Å². The van der Waals surface area contributed by atoms with Crippen molar-refractivity contribution in [3.8, 4) is 0 Å². The molecule has 2 amide bonds. The Bertz CT molecular complexity index is 1470. The summed E-state index contributed by atoms with van der Waals surface area (Å²) in [6, 6.07) is 4.20. The van der Waals surface area contributed by atoms with Gasteiger partial charge < -0.3 is 14.0 Å². The highest BCUT2D eigenvalue weighted by molar-refractivity contribution is 6.21. The second-order valence-corrected chi connectivity index (χ2v) is 8.47. The molecular formula is C24H27N5O7. The Kier molecular flexibility index (Phi) is 7.15. The third-order valence-corrected chi connectivity index (χ3v) is 6.11. The monoisotopic (exact) mass is 497 g/mol. The first-order valence-corrected chi connectivity index (χ1v) is 11.6. The highest BCUT2D eigenvalue weighted by atomic mass is 16.5. The Balaban J connectivity index is 1.54. The second-order valence-electron chi connectivity index (χ2n) is 8.47. The number of hydrogen-bond acceptors (Lipinski definition) is 8. The summed E-state index contributed by atoms with van der Waals surface area (Å²) in [5.41, 5.74) is -0.226. The molecule has 0 atom stereocenters. The first-order valence-electron chi connectivity index (χ1n) is 11.6. The van der Waals surface area contributed by atoms with Gasteiger partial charge >= 0.3 is 11.7 Å². The number of nitrogens with zero attached hydrogens (tertiary/aromatic N) is 4. The molecule has 0 spiro atoms. The number of aromatic nitrogens is 4. The predicted molar refractivity (Wildman–Crippen MR) is 128 cm³/mol. The van der Waals surface area contributed by atoms with Gasteiger partial charge in [-0.2, -0.15) is 0 Å². The summed E-state index contributed by atoms with van der Waals surface area (Å²) in [6.07, 6.45) is 2.08. The molecule has 0 saturated heterocycles. The molecule has 2 aromatic heterocycles. The van der Waals surface area contributed by atoms with Crippen LogP contribution in [0.3, 0.4) is 0 Å². The molecule has 12 heteroatoms. The highest BCUT2D eigenvalue weighted by Crippen LogP contribution is 2.25. The van der Waals surface area contributed by atoms with Crippen molar-refractivity contribution < 1.29 is 23.9 Å². The molecule has 3 aromatic rings. The quantitative estimate of drug-likeness (QED) is 0.250. The van der Waals surface area contributed by atoms with E-state index in [2.05, 4.69) is 9.97 Å². The average Bonchev–Trinajstić information content (AvgIpc) is 3.31. The van der Waals surface area contributed by atoms with Gasteiger partial charge in [-0.15, -0.1) is 0 Å². The van der Waals surface area contributed by atoms with Crippen LogP contribution >= 0.6 is 0 Å². The van der Waals surface area contributed by atoms with Crippen LogP contribution < -0.4 is 11.2 Å². The number of imide groups is 1. The summed E-state index contributed by atoms with van der Waals surface area (Å²) in [5.74, 6) is -1.33. The van der Waals surface area contributed by atoms with Crippen molar-refractivity contribution >= 4 is 28.9 Å². The Morgan fingerprint density at radius 2 is 1.81 bits per heavy atom. The number of rotatable bonds is 10. The first kappa shape index (κ1) is 25.0. The van der Waals surface area contributed by atoms with Crippen molar-refractivity contribution in [3.05, 3.63) is 61.6 Å². The lowest BCUT2D eigenvalue weighted by Gasteiger charge is -2.12. The van der Waals surface area contributed by atoms with Gasteiger partial charge in [-0.25, -0.2) is 14.6 Å². The van der Waals surface area contributed by atoms with Crippen molar-refractivity contribution in [2.75, 3.05) is 20.3 Å². The van der Waals surface area contributed by atoms with Gasteiger partial charge in [-0.1, -0.05) is 13.3 Å². The first-order chi connectivity index (χ1) is 17.3. The zero-order chi connectivity index (χ0) is 26.0. The lowest BCUT2D eigenvalue weighted by molar-refractivity contribution is 0.0459. The molecule has 36 heavy (non-hydrogen) atoms. The van der Waals surface area contributed by atoms with Gasteiger partial charge in [-0.3, -0.25) is 28.8 Å². The predicted octanol–water partition coefficient (Wildman–Crippen LogP) is 1.21. The number of unbranched alkanes of at least 4 members (excludes halogenated alkanes) is 1. The topological polar surface area (TPSA) is 146 Å². The molecule has 0 bridgehead atoms. The summed E-state index contributed by atoms with van der Waals surface area (Å²) in [4.78, 5) is 70.5. The molecular weight excluding hydrogens is 470 g/mol. The number of imidazole rings is 1. The van der Waals surface area contributed by atoms with E-state index in [4.69, 9.17) is 9.47 Å². The van der Waals surface area contributed by atoms with E-state index in [-0.39, 0.29) is 46.8 Å². The number of hydrogen-bond donors (Lipinski definition) is 1. The van der Waals surface area contributed by atoms with Crippen LogP contribution in [-0.2, 0) is 29.7 Å². The van der Waals surface area contributed by atoms with Crippen LogP contribution in [0, 0.1) is 0 Å². The molecule has 1 aliphatic heterocycles. The minimum Gasteiger partial charge on any atom is -0.454 e. The number of methoxy groups -OCH3 is 1. The van der Waals surface area contributed by atoms with E-state index in [9.17, 15) is 24.0 Å². The largest absolute Gasteiger partial charge is 0.454 e. The van der Waals surface area contributed by atoms with E-state index in [1.165, 1.54) is 34.4 Å². The van der Waals surface area contributed by atoms with Gasteiger partial charge in [0.25, 0.3) is 17.4 Å². The van der Waals surface area contributed by atoms with E-state index in [1.54, 1.807) is 7.05 Å². The number of aryl methyl sites for hydroxylation is 2. The molecule has 1 aromatic carbocycles. The van der Waals surface area contributed by atoms with Crippen LogP contribution in [0.4, 0.5) is 0 Å². The maximum Gasteiger partial charge on any atom is 0.338 e. The number of esters is 1. The molecule has 0 aliphatic carbocycles. The normalized spacial score (nSPS) is 13.0. The number of benzene rings is 1. The Morgan fingerprint density at radius 1 is 1.06 bits per heavy atom. The number of carbonyl (C=O) groups is 3.